The van der Waals surface area contributed by atoms with Crippen molar-refractivity contribution in [1.29, 1.82) is 0 Å². The number of imide groups is 2. The number of hydrogen-bond donors (Lipinski definition) is 1. The van der Waals surface area contributed by atoms with E-state index < -0.39 is 23.4 Å². The summed E-state index contributed by atoms with van der Waals surface area (Å²) in [6.07, 6.45) is 1.53. The fourth-order valence-corrected chi connectivity index (χ4v) is 2.76. The highest BCUT2D eigenvalue weighted by atomic mass is 32.1. The van der Waals surface area contributed by atoms with Gasteiger partial charge in [-0.25, -0.2) is 4.79 Å². The van der Waals surface area contributed by atoms with Gasteiger partial charge in [0.15, 0.2) is 0 Å². The second-order valence-electron chi connectivity index (χ2n) is 5.58. The van der Waals surface area contributed by atoms with Crippen molar-refractivity contribution >= 4 is 35.3 Å². The molecule has 0 radical (unpaired) electrons. The van der Waals surface area contributed by atoms with Crippen LogP contribution >= 0.6 is 11.3 Å². The zero-order chi connectivity index (χ0) is 15.1. The van der Waals surface area contributed by atoms with Crippen LogP contribution in [0.2, 0.25) is 0 Å². The lowest BCUT2D eigenvalue weighted by atomic mass is 10.0. The second-order valence-corrected chi connectivity index (χ2v) is 6.90. The third-order valence-corrected chi connectivity index (χ3v) is 3.77. The molecule has 0 saturated carbocycles. The molecule has 0 spiro atoms. The largest absolute Gasteiger partial charge is 0.331 e. The maximum Gasteiger partial charge on any atom is 0.331 e. The van der Waals surface area contributed by atoms with Crippen LogP contribution in [-0.4, -0.2) is 28.3 Å². The molecule has 0 bridgehead atoms. The first-order chi connectivity index (χ1) is 9.20. The van der Waals surface area contributed by atoms with E-state index in [2.05, 4.69) is 5.32 Å². The Morgan fingerprint density at radius 2 is 1.85 bits per heavy atom. The molecule has 1 fully saturated rings. The Balaban J connectivity index is 2.42. The van der Waals surface area contributed by atoms with E-state index in [0.717, 1.165) is 14.7 Å². The Labute approximate surface area is 121 Å². The van der Waals surface area contributed by atoms with Crippen LogP contribution in [0.3, 0.4) is 0 Å². The molecule has 106 valence electrons. The molecule has 1 N–H and O–H groups in total. The summed E-state index contributed by atoms with van der Waals surface area (Å²) in [7, 11) is 0. The van der Waals surface area contributed by atoms with Gasteiger partial charge in [0.2, 0.25) is 0 Å². The Hall–Kier alpha value is -1.95. The first-order valence-corrected chi connectivity index (χ1v) is 7.00. The maximum absolute atomic E-state index is 12.4. The highest BCUT2D eigenvalue weighted by molar-refractivity contribution is 7.12. The average molecular weight is 292 g/mol. The van der Waals surface area contributed by atoms with Crippen molar-refractivity contribution < 1.29 is 14.4 Å². The van der Waals surface area contributed by atoms with Crippen molar-refractivity contribution in [3.8, 4) is 0 Å². The number of carbonyl (C=O) groups is 3. The highest BCUT2D eigenvalue weighted by Gasteiger charge is 2.41. The van der Waals surface area contributed by atoms with E-state index in [9.17, 15) is 14.4 Å². The summed E-state index contributed by atoms with van der Waals surface area (Å²) in [5, 5.41) is 2.21. The third-order valence-electron chi connectivity index (χ3n) is 2.82. The molecule has 0 atom stereocenters. The van der Waals surface area contributed by atoms with Crippen molar-refractivity contribution in [2.75, 3.05) is 0 Å². The van der Waals surface area contributed by atoms with Crippen molar-refractivity contribution in [3.05, 3.63) is 27.5 Å². The van der Waals surface area contributed by atoms with Crippen LogP contribution in [-0.2, 0) is 9.59 Å². The van der Waals surface area contributed by atoms with Crippen LogP contribution in [0, 0.1) is 6.92 Å². The molecule has 20 heavy (non-hydrogen) atoms. The molecule has 0 aliphatic carbocycles. The van der Waals surface area contributed by atoms with Crippen LogP contribution in [0.25, 0.3) is 6.08 Å². The number of thiophene rings is 1. The zero-order valence-corrected chi connectivity index (χ0v) is 12.6. The number of urea groups is 1. The highest BCUT2D eigenvalue weighted by Crippen LogP contribution is 2.24. The van der Waals surface area contributed by atoms with Crippen LogP contribution in [0.15, 0.2) is 17.7 Å². The third kappa shape index (κ3) is 2.65. The standard InChI is InChI=1S/C14H16N2O3S/c1-8-5-6-9(20-8)7-10-11(17)15-13(19)16(12(10)18)14(2,3)4/h5-7H,1-4H3,(H,15,17,19)/b10-7-. The minimum absolute atomic E-state index is 0.0126. The van der Waals surface area contributed by atoms with E-state index in [4.69, 9.17) is 0 Å². The van der Waals surface area contributed by atoms with Gasteiger partial charge in [-0.1, -0.05) is 0 Å². The van der Waals surface area contributed by atoms with Gasteiger partial charge in [0, 0.05) is 15.3 Å². The summed E-state index contributed by atoms with van der Waals surface area (Å²) in [5.74, 6) is -1.20. The fourth-order valence-electron chi connectivity index (χ4n) is 1.94. The lowest BCUT2D eigenvalue weighted by Crippen LogP contribution is -2.60. The predicted molar refractivity (Wildman–Crippen MR) is 77.2 cm³/mol. The second kappa shape index (κ2) is 4.86. The Morgan fingerprint density at radius 3 is 2.35 bits per heavy atom. The van der Waals surface area contributed by atoms with Crippen LogP contribution < -0.4 is 5.32 Å². The molecule has 1 aliphatic heterocycles. The summed E-state index contributed by atoms with van der Waals surface area (Å²) in [4.78, 5) is 39.0. The van der Waals surface area contributed by atoms with Gasteiger partial charge < -0.3 is 0 Å². The Kier molecular flexibility index (Phi) is 3.52. The number of nitrogens with one attached hydrogen (secondary N) is 1. The number of nitrogens with zero attached hydrogens (tertiary/aromatic N) is 1. The van der Waals surface area contributed by atoms with E-state index >= 15 is 0 Å². The normalized spacial score (nSPS) is 18.7. The van der Waals surface area contributed by atoms with Gasteiger partial charge >= 0.3 is 6.03 Å². The summed E-state index contributed by atoms with van der Waals surface area (Å²) < 4.78 is 0. The number of carbonyl (C=O) groups excluding carboxylic acids is 3. The molecule has 2 heterocycles. The van der Waals surface area contributed by atoms with Crippen molar-refractivity contribution in [1.82, 2.24) is 10.2 Å². The molecule has 1 aromatic rings. The molecule has 0 unspecified atom stereocenters. The minimum atomic E-state index is -0.688. The van der Waals surface area contributed by atoms with E-state index in [0.29, 0.717) is 0 Å². The number of rotatable bonds is 1. The van der Waals surface area contributed by atoms with Crippen LogP contribution in [0.5, 0.6) is 0 Å². The first kappa shape index (κ1) is 14.5. The quantitative estimate of drug-likeness (QED) is 0.638. The van der Waals surface area contributed by atoms with E-state index in [1.54, 1.807) is 20.8 Å². The molecule has 0 aromatic carbocycles. The SMILES string of the molecule is Cc1ccc(/C=C2/C(=O)NC(=O)N(C(C)(C)C)C2=O)s1. The van der Waals surface area contributed by atoms with Crippen molar-refractivity contribution in [3.63, 3.8) is 0 Å². The van der Waals surface area contributed by atoms with Gasteiger partial charge in [-0.3, -0.25) is 19.8 Å². The van der Waals surface area contributed by atoms with Gasteiger partial charge in [-0.2, -0.15) is 0 Å². The van der Waals surface area contributed by atoms with Crippen molar-refractivity contribution in [2.45, 2.75) is 33.2 Å². The minimum Gasteiger partial charge on any atom is -0.273 e. The number of barbiturate groups is 1. The van der Waals surface area contributed by atoms with Gasteiger partial charge in [0.1, 0.15) is 5.57 Å². The number of amides is 4. The topological polar surface area (TPSA) is 66.5 Å². The lowest BCUT2D eigenvalue weighted by Gasteiger charge is -2.36. The number of hydrogen-bond acceptors (Lipinski definition) is 4. The lowest BCUT2D eigenvalue weighted by molar-refractivity contribution is -0.133. The molecule has 1 saturated heterocycles. The molecule has 5 nitrogen and oxygen atoms in total. The summed E-state index contributed by atoms with van der Waals surface area (Å²) in [6.45, 7) is 7.17. The molecule has 6 heteroatoms. The van der Waals surface area contributed by atoms with Gasteiger partial charge in [0.25, 0.3) is 11.8 Å². The summed E-state index contributed by atoms with van der Waals surface area (Å²) in [5.41, 5.74) is -0.701. The molecule has 1 aliphatic rings. The van der Waals surface area contributed by atoms with E-state index in [-0.39, 0.29) is 5.57 Å². The van der Waals surface area contributed by atoms with E-state index in [1.807, 2.05) is 19.1 Å². The first-order valence-electron chi connectivity index (χ1n) is 6.18. The molecular formula is C14H16N2O3S. The van der Waals surface area contributed by atoms with Gasteiger partial charge in [-0.15, -0.1) is 11.3 Å². The average Bonchev–Trinajstić information content (AvgIpc) is 2.67. The smallest absolute Gasteiger partial charge is 0.273 e. The zero-order valence-electron chi connectivity index (χ0n) is 11.8. The Bertz CT molecular complexity index is 623. The van der Waals surface area contributed by atoms with Gasteiger partial charge in [0.05, 0.1) is 0 Å². The number of aryl methyl sites for hydroxylation is 1. The molecule has 4 amide bonds. The van der Waals surface area contributed by atoms with Gasteiger partial charge in [-0.05, 0) is 45.9 Å². The predicted octanol–water partition coefficient (Wildman–Crippen LogP) is 2.32. The fraction of sp³-hybridized carbons (Fsp3) is 0.357. The molecule has 2 rings (SSSR count). The summed E-state index contributed by atoms with van der Waals surface area (Å²) in [6, 6.07) is 3.08. The molecule has 1 aromatic heterocycles. The monoisotopic (exact) mass is 292 g/mol. The van der Waals surface area contributed by atoms with Crippen LogP contribution in [0.1, 0.15) is 30.5 Å². The maximum atomic E-state index is 12.4. The van der Waals surface area contributed by atoms with Crippen LogP contribution in [0.4, 0.5) is 4.79 Å². The summed E-state index contributed by atoms with van der Waals surface area (Å²) >= 11 is 1.48. The molecular weight excluding hydrogens is 276 g/mol. The van der Waals surface area contributed by atoms with E-state index in [1.165, 1.54) is 17.4 Å². The Morgan fingerprint density at radius 1 is 1.20 bits per heavy atom. The van der Waals surface area contributed by atoms with Crippen molar-refractivity contribution in [2.24, 2.45) is 0 Å².